The number of pyridine rings is 1. The molecule has 1 fully saturated rings. The van der Waals surface area contributed by atoms with E-state index in [1.54, 1.807) is 6.92 Å². The SMILES string of the molecule is CCN1CC(CCN)N(C(=O)NC(C(=O)N[C@H]2Cc3cccc(C(=O)O)c3OB2O)c2ncc(O)cc2F)C(=O)C1=O. The smallest absolute Gasteiger partial charge is 0.534 e. The summed E-state index contributed by atoms with van der Waals surface area (Å²) in [6.45, 7) is 1.93. The molecule has 42 heavy (non-hydrogen) atoms. The minimum Gasteiger partial charge on any atom is -0.534 e. The molecule has 15 nitrogen and oxygen atoms in total. The van der Waals surface area contributed by atoms with Gasteiger partial charge in [0.25, 0.3) is 0 Å². The zero-order chi connectivity index (χ0) is 30.7. The van der Waals surface area contributed by atoms with Gasteiger partial charge in [-0.05, 0) is 37.9 Å². The fourth-order valence-corrected chi connectivity index (χ4v) is 4.85. The van der Waals surface area contributed by atoms with E-state index >= 15 is 0 Å². The van der Waals surface area contributed by atoms with Gasteiger partial charge in [0.05, 0.1) is 23.7 Å². The molecule has 3 heterocycles. The van der Waals surface area contributed by atoms with Crippen molar-refractivity contribution in [2.45, 2.75) is 37.8 Å². The third kappa shape index (κ3) is 5.96. The van der Waals surface area contributed by atoms with Crippen molar-refractivity contribution in [3.63, 3.8) is 0 Å². The van der Waals surface area contributed by atoms with E-state index in [2.05, 4.69) is 15.6 Å². The number of imide groups is 1. The van der Waals surface area contributed by atoms with Crippen LogP contribution in [0.4, 0.5) is 9.18 Å². The average Bonchev–Trinajstić information content (AvgIpc) is 2.94. The fraction of sp³-hybridized carbons (Fsp3) is 0.360. The van der Waals surface area contributed by atoms with E-state index in [1.165, 1.54) is 23.1 Å². The number of hydrogen-bond donors (Lipinski definition) is 6. The minimum absolute atomic E-state index is 0.00226. The largest absolute Gasteiger partial charge is 0.547 e. The molecule has 1 aromatic heterocycles. The number of carbonyl (C=O) groups excluding carboxylic acids is 4. The standard InChI is InChI=1S/C25H28BFN6O9/c1-2-32-11-13(6-7-28)33(23(37)22(32)36)25(40)31-19(18-16(27)9-14(34)10-29-18)21(35)30-17-8-12-4-3-5-15(24(38)39)20(12)42-26(17)41/h3-5,9-10,13,17,19,34,41H,2,6-8,11,28H2,1H3,(H,30,35)(H,31,40)(H,38,39)/t13?,17-,19?/m0/s1. The highest BCUT2D eigenvalue weighted by Crippen LogP contribution is 2.30. The summed E-state index contributed by atoms with van der Waals surface area (Å²) in [5.74, 6) is -7.51. The van der Waals surface area contributed by atoms with E-state index in [0.717, 1.165) is 6.20 Å². The molecule has 0 radical (unpaired) electrons. The molecule has 0 aliphatic carbocycles. The summed E-state index contributed by atoms with van der Waals surface area (Å²) in [6.07, 6.45) is 0.869. The number of aromatic hydroxyl groups is 1. The van der Waals surface area contributed by atoms with Crippen LogP contribution in [0.1, 0.15) is 41.0 Å². The molecule has 5 amide bonds. The first-order valence-corrected chi connectivity index (χ1v) is 12.9. The van der Waals surface area contributed by atoms with E-state index in [0.29, 0.717) is 16.5 Å². The molecule has 7 N–H and O–H groups in total. The number of para-hydroxylation sites is 1. The Kier molecular flexibility index (Phi) is 8.92. The third-order valence-electron chi connectivity index (χ3n) is 6.92. The Hall–Kier alpha value is -4.77. The third-order valence-corrected chi connectivity index (χ3v) is 6.92. The van der Waals surface area contributed by atoms with Gasteiger partial charge in [0.2, 0.25) is 5.91 Å². The average molecular weight is 586 g/mol. The van der Waals surface area contributed by atoms with Crippen LogP contribution in [0, 0.1) is 5.82 Å². The van der Waals surface area contributed by atoms with E-state index < -0.39 is 72.1 Å². The second-order valence-electron chi connectivity index (χ2n) is 9.62. The zero-order valence-electron chi connectivity index (χ0n) is 22.3. The van der Waals surface area contributed by atoms with Gasteiger partial charge in [-0.3, -0.25) is 24.3 Å². The molecule has 0 bridgehead atoms. The summed E-state index contributed by atoms with van der Waals surface area (Å²) in [4.78, 5) is 69.4. The molecule has 17 heteroatoms. The first kappa shape index (κ1) is 30.2. The van der Waals surface area contributed by atoms with Crippen LogP contribution in [0.2, 0.25) is 0 Å². The monoisotopic (exact) mass is 586 g/mol. The van der Waals surface area contributed by atoms with Crippen molar-refractivity contribution >= 4 is 36.8 Å². The number of urea groups is 1. The molecule has 0 spiro atoms. The molecule has 4 rings (SSSR count). The van der Waals surface area contributed by atoms with Crippen molar-refractivity contribution in [1.82, 2.24) is 25.4 Å². The van der Waals surface area contributed by atoms with Crippen LogP contribution in [-0.4, -0.2) is 98.5 Å². The number of aromatic carboxylic acids is 1. The van der Waals surface area contributed by atoms with Crippen LogP contribution >= 0.6 is 0 Å². The van der Waals surface area contributed by atoms with E-state index in [9.17, 15) is 43.6 Å². The second-order valence-corrected chi connectivity index (χ2v) is 9.62. The Balaban J connectivity index is 1.62. The number of nitrogens with two attached hydrogens (primary N) is 1. The zero-order valence-corrected chi connectivity index (χ0v) is 22.3. The minimum atomic E-state index is -1.91. The van der Waals surface area contributed by atoms with Crippen LogP contribution in [0.5, 0.6) is 11.5 Å². The Bertz CT molecular complexity index is 1430. The molecule has 2 aromatic rings. The number of benzene rings is 1. The number of carboxylic acid groups (broad SMARTS) is 1. The van der Waals surface area contributed by atoms with Gasteiger partial charge < -0.3 is 41.2 Å². The molecule has 0 saturated carbocycles. The van der Waals surface area contributed by atoms with Gasteiger partial charge in [-0.1, -0.05) is 12.1 Å². The Labute approximate surface area is 238 Å². The van der Waals surface area contributed by atoms with Crippen LogP contribution in [0.3, 0.4) is 0 Å². The predicted octanol–water partition coefficient (Wildman–Crippen LogP) is -1.08. The van der Waals surface area contributed by atoms with Crippen LogP contribution in [0.25, 0.3) is 0 Å². The number of likely N-dealkylation sites (N-methyl/N-ethyl adjacent to an activating group) is 1. The van der Waals surface area contributed by atoms with Crippen LogP contribution < -0.4 is 21.0 Å². The summed E-state index contributed by atoms with van der Waals surface area (Å²) < 4.78 is 20.3. The Morgan fingerprint density at radius 1 is 1.29 bits per heavy atom. The maximum absolute atomic E-state index is 14.9. The van der Waals surface area contributed by atoms with Gasteiger partial charge in [0.1, 0.15) is 17.2 Å². The van der Waals surface area contributed by atoms with Gasteiger partial charge in [-0.2, -0.15) is 0 Å². The molecule has 2 aliphatic rings. The van der Waals surface area contributed by atoms with Crippen LogP contribution in [-0.2, 0) is 20.8 Å². The van der Waals surface area contributed by atoms with Crippen molar-refractivity contribution in [1.29, 1.82) is 0 Å². The Morgan fingerprint density at radius 3 is 2.67 bits per heavy atom. The van der Waals surface area contributed by atoms with Crippen LogP contribution in [0.15, 0.2) is 30.5 Å². The number of fused-ring (bicyclic) bond motifs is 1. The fourth-order valence-electron chi connectivity index (χ4n) is 4.85. The van der Waals surface area contributed by atoms with Gasteiger partial charge in [-0.15, -0.1) is 0 Å². The number of nitrogens with zero attached hydrogens (tertiary/aromatic N) is 3. The molecule has 3 atom stereocenters. The number of carboxylic acids is 1. The molecule has 1 aromatic carbocycles. The number of piperazine rings is 1. The first-order chi connectivity index (χ1) is 20.0. The summed E-state index contributed by atoms with van der Waals surface area (Å²) in [6, 6.07) is 0.968. The quantitative estimate of drug-likeness (QED) is 0.161. The lowest BCUT2D eigenvalue weighted by molar-refractivity contribution is -0.156. The number of aromatic nitrogens is 1. The summed E-state index contributed by atoms with van der Waals surface area (Å²) in [5, 5.41) is 34.2. The Morgan fingerprint density at radius 2 is 2.02 bits per heavy atom. The molecule has 2 unspecified atom stereocenters. The number of hydrogen-bond acceptors (Lipinski definition) is 10. The van der Waals surface area contributed by atoms with E-state index in [1.807, 2.05) is 0 Å². The van der Waals surface area contributed by atoms with E-state index in [4.69, 9.17) is 10.4 Å². The van der Waals surface area contributed by atoms with Crippen molar-refractivity contribution in [2.75, 3.05) is 19.6 Å². The summed E-state index contributed by atoms with van der Waals surface area (Å²) in [5.41, 5.74) is 5.16. The molecule has 2 aliphatic heterocycles. The highest BCUT2D eigenvalue weighted by molar-refractivity contribution is 6.47. The lowest BCUT2D eigenvalue weighted by Crippen LogP contribution is -2.64. The predicted molar refractivity (Wildman–Crippen MR) is 141 cm³/mol. The molecular weight excluding hydrogens is 558 g/mol. The highest BCUT2D eigenvalue weighted by Gasteiger charge is 2.44. The van der Waals surface area contributed by atoms with Gasteiger partial charge in [0, 0.05) is 19.2 Å². The number of rotatable bonds is 8. The maximum Gasteiger partial charge on any atom is 0.547 e. The van der Waals surface area contributed by atoms with E-state index in [-0.39, 0.29) is 43.8 Å². The number of amides is 5. The molecule has 1 saturated heterocycles. The summed E-state index contributed by atoms with van der Waals surface area (Å²) in [7, 11) is -1.73. The molecular formula is C25H28BFN6O9. The maximum atomic E-state index is 14.9. The van der Waals surface area contributed by atoms with Gasteiger partial charge >= 0.3 is 30.9 Å². The summed E-state index contributed by atoms with van der Waals surface area (Å²) >= 11 is 0. The van der Waals surface area contributed by atoms with Crippen molar-refractivity contribution in [3.05, 3.63) is 53.1 Å². The topological polar surface area (TPSA) is 225 Å². The second kappa shape index (κ2) is 12.4. The van der Waals surface area contributed by atoms with Gasteiger partial charge in [0.15, 0.2) is 11.9 Å². The van der Waals surface area contributed by atoms with Crippen molar-refractivity contribution in [2.24, 2.45) is 5.73 Å². The highest BCUT2D eigenvalue weighted by atomic mass is 19.1. The number of halogens is 1. The van der Waals surface area contributed by atoms with Gasteiger partial charge in [-0.25, -0.2) is 14.0 Å². The van der Waals surface area contributed by atoms with Crippen molar-refractivity contribution in [3.8, 4) is 11.5 Å². The normalized spacial score (nSPS) is 19.1. The number of nitrogens with one attached hydrogen (secondary N) is 2. The van der Waals surface area contributed by atoms with Crippen molar-refractivity contribution < 1.29 is 48.3 Å². The lowest BCUT2D eigenvalue weighted by Gasteiger charge is -2.39. The molecule has 222 valence electrons. The lowest BCUT2D eigenvalue weighted by atomic mass is 9.72. The number of carbonyl (C=O) groups is 5. The first-order valence-electron chi connectivity index (χ1n) is 12.9.